The molecule has 2 aliphatic carbocycles. The van der Waals surface area contributed by atoms with Crippen LogP contribution in [0.2, 0.25) is 0 Å². The van der Waals surface area contributed by atoms with Gasteiger partial charge >= 0.3 is 5.97 Å². The zero-order chi connectivity index (χ0) is 47.0. The fourth-order valence-corrected chi connectivity index (χ4v) is 8.86. The second-order valence-corrected chi connectivity index (χ2v) is 19.7. The zero-order valence-corrected chi connectivity index (χ0v) is 40.7. The van der Waals surface area contributed by atoms with Crippen LogP contribution >= 0.6 is 12.4 Å². The molecule has 0 bridgehead atoms. The van der Waals surface area contributed by atoms with Crippen molar-refractivity contribution in [2.24, 2.45) is 10.8 Å². The molecule has 4 fully saturated rings. The molecule has 2 atom stereocenters. The highest BCUT2D eigenvalue weighted by Gasteiger charge is 2.44. The van der Waals surface area contributed by atoms with E-state index in [9.17, 15) is 19.2 Å². The molecule has 16 heteroatoms. The molecule has 356 valence electrons. The van der Waals surface area contributed by atoms with Gasteiger partial charge in [0.25, 0.3) is 5.91 Å². The predicted octanol–water partition coefficient (Wildman–Crippen LogP) is 7.63. The fourth-order valence-electron chi connectivity index (χ4n) is 8.86. The van der Waals surface area contributed by atoms with Gasteiger partial charge in [-0.3, -0.25) is 24.4 Å². The SMILES string of the molecule is CC(C)(Nc1ccc(C(=O)O)cn1)c1cccnc1.CN(C(=O)C1(C)CCC1)[C@H]1CCN(C(=O)c2ccc(NC(C)(C)c3cccnc3)nc2)C1.CN(C(=O)C1(C)CCC1)[C@H]1CCNC1.Cl. The van der Waals surface area contributed by atoms with E-state index in [2.05, 4.69) is 63.6 Å². The minimum Gasteiger partial charge on any atom is -0.478 e. The average Bonchev–Trinajstić information content (AvgIpc) is 4.02. The van der Waals surface area contributed by atoms with Crippen LogP contribution in [0.15, 0.2) is 85.7 Å². The highest BCUT2D eigenvalue weighted by molar-refractivity contribution is 5.94. The Morgan fingerprint density at radius 1 is 0.712 bits per heavy atom. The molecular formula is C50H69ClN10O5. The number of halogens is 1. The van der Waals surface area contributed by atoms with Gasteiger partial charge in [-0.05, 0) is 120 Å². The first-order chi connectivity index (χ1) is 30.8. The summed E-state index contributed by atoms with van der Waals surface area (Å²) < 4.78 is 0. The zero-order valence-electron chi connectivity index (χ0n) is 39.8. The molecule has 4 aromatic heterocycles. The van der Waals surface area contributed by atoms with E-state index in [1.165, 1.54) is 18.7 Å². The van der Waals surface area contributed by atoms with Crippen molar-refractivity contribution in [2.45, 2.75) is 116 Å². The third-order valence-electron chi connectivity index (χ3n) is 13.8. The van der Waals surface area contributed by atoms with Crippen LogP contribution in [0.5, 0.6) is 0 Å². The second kappa shape index (κ2) is 21.8. The Bertz CT molecular complexity index is 2230. The van der Waals surface area contributed by atoms with Crippen molar-refractivity contribution < 1.29 is 24.3 Å². The van der Waals surface area contributed by atoms with Crippen LogP contribution < -0.4 is 16.0 Å². The van der Waals surface area contributed by atoms with E-state index < -0.39 is 5.97 Å². The summed E-state index contributed by atoms with van der Waals surface area (Å²) in [5.74, 6) is 0.890. The van der Waals surface area contributed by atoms with Gasteiger partial charge in [-0.15, -0.1) is 12.4 Å². The maximum Gasteiger partial charge on any atom is 0.337 e. The van der Waals surface area contributed by atoms with Gasteiger partial charge < -0.3 is 35.8 Å². The average molecular weight is 926 g/mol. The molecular weight excluding hydrogens is 856 g/mol. The van der Waals surface area contributed by atoms with Crippen LogP contribution in [0.1, 0.15) is 125 Å². The van der Waals surface area contributed by atoms with E-state index in [1.54, 1.807) is 30.9 Å². The number of hydrogen-bond acceptors (Lipinski definition) is 11. The number of nitrogens with zero attached hydrogens (tertiary/aromatic N) is 7. The quantitative estimate of drug-likeness (QED) is 0.109. The summed E-state index contributed by atoms with van der Waals surface area (Å²) in [5.41, 5.74) is 1.90. The van der Waals surface area contributed by atoms with Gasteiger partial charge in [0, 0.05) is 87.8 Å². The fraction of sp³-hybridized carbons (Fsp3) is 0.520. The van der Waals surface area contributed by atoms with E-state index in [0.717, 1.165) is 69.2 Å². The lowest BCUT2D eigenvalue weighted by Gasteiger charge is -2.41. The molecule has 0 aromatic carbocycles. The molecule has 2 aliphatic heterocycles. The van der Waals surface area contributed by atoms with Gasteiger partial charge in [0.2, 0.25) is 11.8 Å². The Morgan fingerprint density at radius 3 is 1.58 bits per heavy atom. The van der Waals surface area contributed by atoms with Crippen molar-refractivity contribution in [3.8, 4) is 0 Å². The minimum atomic E-state index is -0.981. The Hall–Kier alpha value is -5.67. The number of anilines is 2. The number of carbonyl (C=O) groups is 4. The van der Waals surface area contributed by atoms with Gasteiger partial charge in [0.1, 0.15) is 11.6 Å². The largest absolute Gasteiger partial charge is 0.478 e. The summed E-state index contributed by atoms with van der Waals surface area (Å²) in [6, 6.07) is 15.1. The molecule has 0 spiro atoms. The van der Waals surface area contributed by atoms with Gasteiger partial charge in [0.05, 0.1) is 28.2 Å². The Labute approximate surface area is 396 Å². The lowest BCUT2D eigenvalue weighted by Crippen LogP contribution is -2.49. The predicted molar refractivity (Wildman–Crippen MR) is 259 cm³/mol. The number of aromatic nitrogens is 4. The number of carboxylic acid groups (broad SMARTS) is 1. The van der Waals surface area contributed by atoms with Crippen LogP contribution in [-0.4, -0.2) is 116 Å². The summed E-state index contributed by atoms with van der Waals surface area (Å²) in [6.07, 6.45) is 18.4. The molecule has 0 unspecified atom stereocenters. The standard InChI is InChI=1S/C25H33N5O2.C14H15N3O2.C11H20N2O.ClH/c1-24(2,19-7-5-13-26-16-19)28-21-9-8-18(15-27-21)22(31)30-14-10-20(17-30)29(4)23(32)25(3)11-6-12-25;1-14(2,11-4-3-7-15-9-11)17-12-6-5-10(8-16-12)13(18)19;1-11(5-3-6-11)10(14)13(2)9-4-7-12-8-9;/h5,7-9,13,15-16,20H,6,10-12,14,17H2,1-4H3,(H,27,28);3-9H,1-2H3,(H,16,17)(H,18,19);9,12H,3-8H2,1-2H3;1H/t20-;;9-;/m0.0./s1. The highest BCUT2D eigenvalue weighted by atomic mass is 35.5. The number of nitrogens with one attached hydrogen (secondary N) is 3. The first-order valence-corrected chi connectivity index (χ1v) is 22.9. The third kappa shape index (κ3) is 12.4. The molecule has 2 saturated heterocycles. The van der Waals surface area contributed by atoms with Crippen molar-refractivity contribution in [2.75, 3.05) is 50.9 Å². The van der Waals surface area contributed by atoms with Gasteiger partial charge in [0.15, 0.2) is 0 Å². The van der Waals surface area contributed by atoms with E-state index in [0.29, 0.717) is 42.2 Å². The smallest absolute Gasteiger partial charge is 0.337 e. The molecule has 0 radical (unpaired) electrons. The number of hydrogen-bond donors (Lipinski definition) is 4. The molecule has 66 heavy (non-hydrogen) atoms. The van der Waals surface area contributed by atoms with Crippen molar-refractivity contribution in [1.82, 2.24) is 40.0 Å². The molecule has 8 rings (SSSR count). The van der Waals surface area contributed by atoms with Gasteiger partial charge in [-0.1, -0.05) is 38.8 Å². The monoisotopic (exact) mass is 925 g/mol. The van der Waals surface area contributed by atoms with Crippen LogP contribution in [0.25, 0.3) is 0 Å². The third-order valence-corrected chi connectivity index (χ3v) is 13.8. The maximum absolute atomic E-state index is 13.0. The maximum atomic E-state index is 13.0. The van der Waals surface area contributed by atoms with Crippen LogP contribution in [0.3, 0.4) is 0 Å². The minimum absolute atomic E-state index is 0. The van der Waals surface area contributed by atoms with Crippen LogP contribution in [-0.2, 0) is 20.7 Å². The molecule has 6 heterocycles. The van der Waals surface area contributed by atoms with Gasteiger partial charge in [-0.2, -0.15) is 0 Å². The number of amides is 3. The first kappa shape index (κ1) is 51.3. The molecule has 4 aromatic rings. The van der Waals surface area contributed by atoms with Crippen LogP contribution in [0, 0.1) is 10.8 Å². The Morgan fingerprint density at radius 2 is 1.20 bits per heavy atom. The highest BCUT2D eigenvalue weighted by Crippen LogP contribution is 2.43. The molecule has 3 amide bonds. The molecule has 4 N–H and O–H groups in total. The second-order valence-electron chi connectivity index (χ2n) is 19.7. The normalized spacial score (nSPS) is 19.1. The number of likely N-dealkylation sites (tertiary alicyclic amines) is 1. The molecule has 2 saturated carbocycles. The molecule has 15 nitrogen and oxygen atoms in total. The number of aromatic carboxylic acids is 1. The van der Waals surface area contributed by atoms with Crippen molar-refractivity contribution in [3.05, 3.63) is 108 Å². The van der Waals surface area contributed by atoms with Gasteiger partial charge in [-0.25, -0.2) is 14.8 Å². The lowest BCUT2D eigenvalue weighted by atomic mass is 9.69. The van der Waals surface area contributed by atoms with E-state index in [1.807, 2.05) is 85.2 Å². The first-order valence-electron chi connectivity index (χ1n) is 22.9. The summed E-state index contributed by atoms with van der Waals surface area (Å²) in [4.78, 5) is 71.3. The van der Waals surface area contributed by atoms with E-state index >= 15 is 0 Å². The topological polar surface area (TPSA) is 186 Å². The summed E-state index contributed by atoms with van der Waals surface area (Å²) in [7, 11) is 3.85. The van der Waals surface area contributed by atoms with Crippen molar-refractivity contribution in [3.63, 3.8) is 0 Å². The number of likely N-dealkylation sites (N-methyl/N-ethyl adjacent to an activating group) is 2. The number of rotatable bonds is 12. The Kier molecular flexibility index (Phi) is 16.9. The number of carboxylic acids is 1. The van der Waals surface area contributed by atoms with Crippen LogP contribution in [0.4, 0.5) is 11.6 Å². The summed E-state index contributed by atoms with van der Waals surface area (Å²) in [6.45, 7) is 15.6. The van der Waals surface area contributed by atoms with Crippen molar-refractivity contribution >= 4 is 47.7 Å². The number of pyridine rings is 4. The Balaban J connectivity index is 0.000000203. The van der Waals surface area contributed by atoms with E-state index in [-0.39, 0.29) is 57.7 Å². The molecule has 4 aliphatic rings. The summed E-state index contributed by atoms with van der Waals surface area (Å²) in [5, 5.41) is 18.8. The number of carbonyl (C=O) groups excluding carboxylic acids is 3. The summed E-state index contributed by atoms with van der Waals surface area (Å²) >= 11 is 0. The van der Waals surface area contributed by atoms with Crippen molar-refractivity contribution in [1.29, 1.82) is 0 Å². The van der Waals surface area contributed by atoms with E-state index in [4.69, 9.17) is 5.11 Å². The lowest BCUT2D eigenvalue weighted by molar-refractivity contribution is -0.147.